The summed E-state index contributed by atoms with van der Waals surface area (Å²) in [5.41, 5.74) is -0.672. The van der Waals surface area contributed by atoms with Crippen molar-refractivity contribution in [3.63, 3.8) is 0 Å². The highest BCUT2D eigenvalue weighted by atomic mass is 31.2. The Morgan fingerprint density at radius 1 is 1.69 bits per heavy atom. The molecule has 0 spiro atoms. The van der Waals surface area contributed by atoms with Crippen molar-refractivity contribution in [1.29, 1.82) is 0 Å². The zero-order valence-electron chi connectivity index (χ0n) is 9.63. The molecule has 1 N–H and O–H groups in total. The van der Waals surface area contributed by atoms with E-state index in [9.17, 15) is 9.46 Å². The Labute approximate surface area is 94.8 Å². The van der Waals surface area contributed by atoms with Gasteiger partial charge in [0.2, 0.25) is 0 Å². The molecular formula is C9H17NO5P-. The molecule has 0 radical (unpaired) electrons. The van der Waals surface area contributed by atoms with E-state index in [0.717, 1.165) is 6.66 Å². The van der Waals surface area contributed by atoms with Gasteiger partial charge in [0.25, 0.3) is 0 Å². The van der Waals surface area contributed by atoms with Crippen LogP contribution in [-0.2, 0) is 18.6 Å². The largest absolute Gasteiger partial charge is 0.779 e. The van der Waals surface area contributed by atoms with Crippen LogP contribution in [0, 0.1) is 0 Å². The summed E-state index contributed by atoms with van der Waals surface area (Å²) < 4.78 is 27.3. The van der Waals surface area contributed by atoms with Crippen molar-refractivity contribution in [2.45, 2.75) is 30.8 Å². The molecule has 7 heteroatoms. The lowest BCUT2D eigenvalue weighted by molar-refractivity contribution is -0.206. The number of hydrogen-bond acceptors (Lipinski definition) is 6. The smallest absolute Gasteiger partial charge is 0.132 e. The number of methoxy groups -OCH3 is 1. The molecule has 2 rings (SSSR count). The van der Waals surface area contributed by atoms with Crippen molar-refractivity contribution in [2.75, 3.05) is 26.9 Å². The molecule has 94 valence electrons. The standard InChI is InChI=1S/C9H18NO5P/c1-6-7-8(15-16(3,11)12)9(14-6,4-10-7)5-13-2/h6-8,10H,4-5H2,1-3H3,(H,11,12)/p-1/t6-,7+,8?,9+/m0/s1. The second-order valence-corrected chi connectivity index (χ2v) is 6.28. The van der Waals surface area contributed by atoms with Gasteiger partial charge in [0.05, 0.1) is 18.8 Å². The molecule has 0 amide bonds. The van der Waals surface area contributed by atoms with Crippen LogP contribution >= 0.6 is 7.60 Å². The second-order valence-electron chi connectivity index (χ2n) is 4.52. The van der Waals surface area contributed by atoms with Crippen LogP contribution in [-0.4, -0.2) is 50.8 Å². The molecule has 2 heterocycles. The molecule has 0 saturated carbocycles. The van der Waals surface area contributed by atoms with Crippen molar-refractivity contribution in [1.82, 2.24) is 5.32 Å². The average molecular weight is 250 g/mol. The predicted molar refractivity (Wildman–Crippen MR) is 55.3 cm³/mol. The van der Waals surface area contributed by atoms with Crippen LogP contribution in [0.15, 0.2) is 0 Å². The lowest BCUT2D eigenvalue weighted by Gasteiger charge is -2.32. The van der Waals surface area contributed by atoms with Gasteiger partial charge in [-0.25, -0.2) is 0 Å². The van der Waals surface area contributed by atoms with E-state index in [-0.39, 0.29) is 12.1 Å². The molecule has 2 fully saturated rings. The van der Waals surface area contributed by atoms with Gasteiger partial charge in [0, 0.05) is 20.3 Å². The molecule has 2 unspecified atom stereocenters. The first-order valence-electron chi connectivity index (χ1n) is 5.25. The Bertz CT molecular complexity index is 319. The summed E-state index contributed by atoms with van der Waals surface area (Å²) in [6.07, 6.45) is -0.559. The highest BCUT2D eigenvalue weighted by Crippen LogP contribution is 2.45. The Kier molecular flexibility index (Phi) is 3.16. The monoisotopic (exact) mass is 250 g/mol. The summed E-state index contributed by atoms with van der Waals surface area (Å²) in [5.74, 6) is 0. The quantitative estimate of drug-likeness (QED) is 0.667. The topological polar surface area (TPSA) is 79.9 Å². The molecule has 5 atom stereocenters. The van der Waals surface area contributed by atoms with Crippen molar-refractivity contribution in [2.24, 2.45) is 0 Å². The van der Waals surface area contributed by atoms with Crippen LogP contribution in [0.3, 0.4) is 0 Å². The Hall–Kier alpha value is 0.0300. The highest BCUT2D eigenvalue weighted by Gasteiger charge is 2.60. The van der Waals surface area contributed by atoms with Gasteiger partial charge in [0.1, 0.15) is 19.3 Å². The second kappa shape index (κ2) is 4.05. The van der Waals surface area contributed by atoms with E-state index < -0.39 is 19.3 Å². The van der Waals surface area contributed by atoms with Gasteiger partial charge >= 0.3 is 0 Å². The SMILES string of the molecule is COC[C@]12CN[C@@H](C1OP(C)(=O)[O-])[C@H](C)O2. The lowest BCUT2D eigenvalue weighted by atomic mass is 10.00. The third-order valence-corrected chi connectivity index (χ3v) is 3.71. The zero-order chi connectivity index (χ0) is 12.0. The number of morpholine rings is 1. The van der Waals surface area contributed by atoms with Crippen LogP contribution < -0.4 is 10.2 Å². The molecule has 2 aliphatic heterocycles. The van der Waals surface area contributed by atoms with E-state index in [4.69, 9.17) is 14.0 Å². The van der Waals surface area contributed by atoms with E-state index in [2.05, 4.69) is 5.32 Å². The normalized spacial score (nSPS) is 45.9. The fourth-order valence-electron chi connectivity index (χ4n) is 2.57. The summed E-state index contributed by atoms with van der Waals surface area (Å²) in [5, 5.41) is 3.21. The highest BCUT2D eigenvalue weighted by molar-refractivity contribution is 7.50. The number of hydrogen-bond donors (Lipinski definition) is 1. The maximum Gasteiger partial charge on any atom is 0.132 e. The van der Waals surface area contributed by atoms with Crippen LogP contribution in [0.4, 0.5) is 0 Å². The van der Waals surface area contributed by atoms with Gasteiger partial charge in [-0.3, -0.25) is 0 Å². The lowest BCUT2D eigenvalue weighted by Crippen LogP contribution is -2.47. The third kappa shape index (κ3) is 2.06. The molecule has 2 bridgehead atoms. The van der Waals surface area contributed by atoms with E-state index in [0.29, 0.717) is 13.2 Å². The molecule has 16 heavy (non-hydrogen) atoms. The summed E-state index contributed by atoms with van der Waals surface area (Å²) in [6, 6.07) is -0.0858. The molecule has 6 nitrogen and oxygen atoms in total. The van der Waals surface area contributed by atoms with Gasteiger partial charge in [-0.15, -0.1) is 0 Å². The van der Waals surface area contributed by atoms with Crippen LogP contribution in [0.25, 0.3) is 0 Å². The average Bonchev–Trinajstić information content (AvgIpc) is 2.54. The van der Waals surface area contributed by atoms with Gasteiger partial charge in [-0.1, -0.05) is 0 Å². The number of ether oxygens (including phenoxy) is 2. The third-order valence-electron chi connectivity index (χ3n) is 3.10. The maximum absolute atomic E-state index is 11.2. The first-order chi connectivity index (χ1) is 7.38. The maximum atomic E-state index is 11.2. The molecule has 2 saturated heterocycles. The van der Waals surface area contributed by atoms with Crippen LogP contribution in [0.5, 0.6) is 0 Å². The van der Waals surface area contributed by atoms with Gasteiger partial charge in [-0.2, -0.15) is 0 Å². The number of fused-ring (bicyclic) bond motifs is 2. The van der Waals surface area contributed by atoms with Crippen molar-refractivity contribution >= 4 is 7.60 Å². The van der Waals surface area contributed by atoms with E-state index in [1.807, 2.05) is 6.92 Å². The van der Waals surface area contributed by atoms with E-state index in [1.54, 1.807) is 7.11 Å². The van der Waals surface area contributed by atoms with Crippen molar-refractivity contribution < 1.29 is 23.5 Å². The Morgan fingerprint density at radius 3 is 2.88 bits per heavy atom. The van der Waals surface area contributed by atoms with E-state index in [1.165, 1.54) is 0 Å². The van der Waals surface area contributed by atoms with Crippen LogP contribution in [0.1, 0.15) is 6.92 Å². The summed E-state index contributed by atoms with van der Waals surface area (Å²) >= 11 is 0. The zero-order valence-corrected chi connectivity index (χ0v) is 10.5. The minimum Gasteiger partial charge on any atom is -0.779 e. The molecule has 0 aliphatic carbocycles. The number of rotatable bonds is 4. The Balaban J connectivity index is 2.19. The molecule has 0 aromatic rings. The first kappa shape index (κ1) is 12.5. The predicted octanol–water partition coefficient (Wildman–Crippen LogP) is -0.669. The number of nitrogens with one attached hydrogen (secondary N) is 1. The summed E-state index contributed by atoms with van der Waals surface area (Å²) in [6.45, 7) is 3.86. The molecular weight excluding hydrogens is 233 g/mol. The first-order valence-corrected chi connectivity index (χ1v) is 7.24. The molecule has 0 aromatic heterocycles. The summed E-state index contributed by atoms with van der Waals surface area (Å²) in [4.78, 5) is 11.2. The molecule has 0 aromatic carbocycles. The Morgan fingerprint density at radius 2 is 2.38 bits per heavy atom. The fourth-order valence-corrected chi connectivity index (χ4v) is 3.31. The minimum absolute atomic E-state index is 0.0690. The van der Waals surface area contributed by atoms with Crippen molar-refractivity contribution in [3.05, 3.63) is 0 Å². The fraction of sp³-hybridized carbons (Fsp3) is 1.00. The van der Waals surface area contributed by atoms with Crippen molar-refractivity contribution in [3.8, 4) is 0 Å². The minimum atomic E-state index is -3.77. The van der Waals surface area contributed by atoms with Gasteiger partial charge in [0.15, 0.2) is 0 Å². The van der Waals surface area contributed by atoms with E-state index >= 15 is 0 Å². The van der Waals surface area contributed by atoms with Gasteiger partial charge in [-0.05, 0) is 6.92 Å². The van der Waals surface area contributed by atoms with Crippen LogP contribution in [0.2, 0.25) is 0 Å². The summed E-state index contributed by atoms with van der Waals surface area (Å²) in [7, 11) is -2.20. The van der Waals surface area contributed by atoms with Gasteiger partial charge < -0.3 is 28.8 Å². The molecule has 2 aliphatic rings.